The predicted octanol–water partition coefficient (Wildman–Crippen LogP) is 2.35. The standard InChI is InChI=1S/C17H25NO5/c1-12(2)18(8-7-17(20)21)16(19)6-5-13-9-14(22-3)11-15(10-13)23-4/h9-12H,5-8H2,1-4H3,(H,20,21). The Morgan fingerprint density at radius 1 is 1.09 bits per heavy atom. The Morgan fingerprint density at radius 3 is 2.09 bits per heavy atom. The van der Waals surface area contributed by atoms with Crippen molar-refractivity contribution in [3.63, 3.8) is 0 Å². The van der Waals surface area contributed by atoms with Gasteiger partial charge in [-0.3, -0.25) is 9.59 Å². The summed E-state index contributed by atoms with van der Waals surface area (Å²) < 4.78 is 10.4. The normalized spacial score (nSPS) is 10.5. The van der Waals surface area contributed by atoms with Crippen molar-refractivity contribution in [3.05, 3.63) is 23.8 Å². The van der Waals surface area contributed by atoms with Gasteiger partial charge in [-0.2, -0.15) is 0 Å². The second-order valence-corrected chi connectivity index (χ2v) is 5.55. The van der Waals surface area contributed by atoms with Crippen LogP contribution in [0.15, 0.2) is 18.2 Å². The SMILES string of the molecule is COc1cc(CCC(=O)N(CCC(=O)O)C(C)C)cc(OC)c1. The topological polar surface area (TPSA) is 76.1 Å². The first kappa shape index (κ1) is 18.8. The molecule has 1 N–H and O–H groups in total. The van der Waals surface area contributed by atoms with Crippen molar-refractivity contribution < 1.29 is 24.2 Å². The van der Waals surface area contributed by atoms with Crippen molar-refractivity contribution in [1.29, 1.82) is 0 Å². The highest BCUT2D eigenvalue weighted by molar-refractivity contribution is 5.77. The lowest BCUT2D eigenvalue weighted by Crippen LogP contribution is -2.38. The lowest BCUT2D eigenvalue weighted by Gasteiger charge is -2.26. The maximum atomic E-state index is 12.3. The number of benzene rings is 1. The molecule has 0 aliphatic heterocycles. The number of carboxylic acid groups (broad SMARTS) is 1. The van der Waals surface area contributed by atoms with Gasteiger partial charge in [0.15, 0.2) is 0 Å². The molecule has 0 saturated heterocycles. The van der Waals surface area contributed by atoms with E-state index in [0.717, 1.165) is 5.56 Å². The molecule has 0 spiro atoms. The maximum absolute atomic E-state index is 12.3. The number of carbonyl (C=O) groups excluding carboxylic acids is 1. The highest BCUT2D eigenvalue weighted by Gasteiger charge is 2.18. The van der Waals surface area contributed by atoms with Gasteiger partial charge in [0.05, 0.1) is 20.6 Å². The van der Waals surface area contributed by atoms with Crippen LogP contribution in [0.25, 0.3) is 0 Å². The quantitative estimate of drug-likeness (QED) is 0.755. The Kier molecular flexibility index (Phi) is 7.38. The lowest BCUT2D eigenvalue weighted by atomic mass is 10.1. The van der Waals surface area contributed by atoms with E-state index in [2.05, 4.69) is 0 Å². The zero-order chi connectivity index (χ0) is 17.4. The first-order chi connectivity index (χ1) is 10.9. The fraction of sp³-hybridized carbons (Fsp3) is 0.529. The Balaban J connectivity index is 2.71. The Morgan fingerprint density at radius 2 is 1.65 bits per heavy atom. The molecule has 0 radical (unpaired) electrons. The molecule has 0 aromatic heterocycles. The van der Waals surface area contributed by atoms with Crippen LogP contribution in [0.4, 0.5) is 0 Å². The highest BCUT2D eigenvalue weighted by atomic mass is 16.5. The van der Waals surface area contributed by atoms with E-state index >= 15 is 0 Å². The van der Waals surface area contributed by atoms with E-state index < -0.39 is 5.97 Å². The predicted molar refractivity (Wildman–Crippen MR) is 87.0 cm³/mol. The summed E-state index contributed by atoms with van der Waals surface area (Å²) in [5.74, 6) is 0.404. The van der Waals surface area contributed by atoms with Crippen LogP contribution in [0.2, 0.25) is 0 Å². The summed E-state index contributed by atoms with van der Waals surface area (Å²) >= 11 is 0. The summed E-state index contributed by atoms with van der Waals surface area (Å²) in [6, 6.07) is 5.49. The van der Waals surface area contributed by atoms with E-state index in [1.165, 1.54) is 0 Å². The molecule has 1 aromatic carbocycles. The summed E-state index contributed by atoms with van der Waals surface area (Å²) in [4.78, 5) is 24.7. The summed E-state index contributed by atoms with van der Waals surface area (Å²) in [5, 5.41) is 8.78. The van der Waals surface area contributed by atoms with E-state index in [0.29, 0.717) is 24.3 Å². The summed E-state index contributed by atoms with van der Waals surface area (Å²) in [6.07, 6.45) is 0.813. The Hall–Kier alpha value is -2.24. The third-order valence-electron chi connectivity index (χ3n) is 3.55. The largest absolute Gasteiger partial charge is 0.497 e. The molecule has 0 aliphatic carbocycles. The third kappa shape index (κ3) is 6.18. The molecule has 0 heterocycles. The van der Waals surface area contributed by atoms with Gasteiger partial charge in [0.2, 0.25) is 5.91 Å². The molecule has 1 rings (SSSR count). The zero-order valence-electron chi connectivity index (χ0n) is 14.2. The molecule has 0 saturated carbocycles. The van der Waals surface area contributed by atoms with Gasteiger partial charge in [0.25, 0.3) is 0 Å². The van der Waals surface area contributed by atoms with Gasteiger partial charge in [0, 0.05) is 25.1 Å². The second kappa shape index (κ2) is 9.02. The molecule has 1 aromatic rings. The van der Waals surface area contributed by atoms with Gasteiger partial charge in [-0.05, 0) is 38.0 Å². The molecule has 0 fully saturated rings. The fourth-order valence-electron chi connectivity index (χ4n) is 2.29. The van der Waals surface area contributed by atoms with Crippen LogP contribution >= 0.6 is 0 Å². The number of aliphatic carboxylic acids is 1. The summed E-state index contributed by atoms with van der Waals surface area (Å²) in [7, 11) is 3.16. The number of hydrogen-bond acceptors (Lipinski definition) is 4. The molecule has 0 aliphatic rings. The van der Waals surface area contributed by atoms with Crippen molar-refractivity contribution in [3.8, 4) is 11.5 Å². The van der Waals surface area contributed by atoms with Gasteiger partial charge in [-0.15, -0.1) is 0 Å². The Labute approximate surface area is 137 Å². The number of carbonyl (C=O) groups is 2. The second-order valence-electron chi connectivity index (χ2n) is 5.55. The van der Waals surface area contributed by atoms with Crippen LogP contribution in [0, 0.1) is 0 Å². The number of methoxy groups -OCH3 is 2. The van der Waals surface area contributed by atoms with Crippen LogP contribution in [-0.2, 0) is 16.0 Å². The summed E-state index contributed by atoms with van der Waals surface area (Å²) in [5.41, 5.74) is 0.941. The van der Waals surface area contributed by atoms with E-state index in [4.69, 9.17) is 14.6 Å². The molecule has 0 bridgehead atoms. The van der Waals surface area contributed by atoms with Crippen molar-refractivity contribution in [2.75, 3.05) is 20.8 Å². The highest BCUT2D eigenvalue weighted by Crippen LogP contribution is 2.23. The molecule has 6 nitrogen and oxygen atoms in total. The minimum Gasteiger partial charge on any atom is -0.497 e. The van der Waals surface area contributed by atoms with E-state index in [9.17, 15) is 9.59 Å². The minimum absolute atomic E-state index is 0.0262. The van der Waals surface area contributed by atoms with Gasteiger partial charge in [-0.25, -0.2) is 0 Å². The molecule has 23 heavy (non-hydrogen) atoms. The number of hydrogen-bond donors (Lipinski definition) is 1. The molecular weight excluding hydrogens is 298 g/mol. The molecule has 0 atom stereocenters. The van der Waals surface area contributed by atoms with E-state index in [1.54, 1.807) is 25.2 Å². The average molecular weight is 323 g/mol. The third-order valence-corrected chi connectivity index (χ3v) is 3.55. The van der Waals surface area contributed by atoms with E-state index in [-0.39, 0.29) is 24.9 Å². The number of nitrogens with zero attached hydrogens (tertiary/aromatic N) is 1. The van der Waals surface area contributed by atoms with E-state index in [1.807, 2.05) is 26.0 Å². The smallest absolute Gasteiger partial charge is 0.305 e. The zero-order valence-corrected chi connectivity index (χ0v) is 14.2. The molecule has 6 heteroatoms. The Bertz CT molecular complexity index is 520. The minimum atomic E-state index is -0.902. The maximum Gasteiger partial charge on any atom is 0.305 e. The molecular formula is C17H25NO5. The van der Waals surface area contributed by atoms with Crippen LogP contribution in [-0.4, -0.2) is 48.7 Å². The van der Waals surface area contributed by atoms with Crippen LogP contribution < -0.4 is 9.47 Å². The van der Waals surface area contributed by atoms with Gasteiger partial charge >= 0.3 is 5.97 Å². The number of aryl methyl sites for hydroxylation is 1. The fourth-order valence-corrected chi connectivity index (χ4v) is 2.29. The van der Waals surface area contributed by atoms with Gasteiger partial charge < -0.3 is 19.5 Å². The lowest BCUT2D eigenvalue weighted by molar-refractivity contribution is -0.139. The van der Waals surface area contributed by atoms with Gasteiger partial charge in [-0.1, -0.05) is 0 Å². The average Bonchev–Trinajstić information content (AvgIpc) is 2.51. The van der Waals surface area contributed by atoms with Crippen LogP contribution in [0.3, 0.4) is 0 Å². The van der Waals surface area contributed by atoms with Gasteiger partial charge in [0.1, 0.15) is 11.5 Å². The monoisotopic (exact) mass is 323 g/mol. The number of amides is 1. The number of carboxylic acids is 1. The first-order valence-corrected chi connectivity index (χ1v) is 7.60. The van der Waals surface area contributed by atoms with Crippen molar-refractivity contribution in [2.45, 2.75) is 39.2 Å². The molecule has 128 valence electrons. The van der Waals surface area contributed by atoms with Crippen molar-refractivity contribution in [2.24, 2.45) is 0 Å². The van der Waals surface area contributed by atoms with Crippen LogP contribution in [0.5, 0.6) is 11.5 Å². The summed E-state index contributed by atoms with van der Waals surface area (Å²) in [6.45, 7) is 4.00. The molecule has 0 unspecified atom stereocenters. The molecule has 1 amide bonds. The van der Waals surface area contributed by atoms with Crippen molar-refractivity contribution >= 4 is 11.9 Å². The van der Waals surface area contributed by atoms with Crippen LogP contribution in [0.1, 0.15) is 32.3 Å². The number of rotatable bonds is 9. The first-order valence-electron chi connectivity index (χ1n) is 7.60. The number of ether oxygens (including phenoxy) is 2. The van der Waals surface area contributed by atoms with Crippen molar-refractivity contribution in [1.82, 2.24) is 4.90 Å².